The molecule has 3 N–H and O–H groups in total. The normalized spacial score (nSPS) is 13.6. The number of anilines is 1. The molecule has 2 amide bonds. The van der Waals surface area contributed by atoms with Crippen molar-refractivity contribution in [2.75, 3.05) is 32.1 Å². The smallest absolute Gasteiger partial charge is 0.433 e. The molecule has 0 saturated heterocycles. The van der Waals surface area contributed by atoms with Crippen molar-refractivity contribution in [2.24, 2.45) is 5.92 Å². The maximum Gasteiger partial charge on any atom is 0.433 e. The predicted molar refractivity (Wildman–Crippen MR) is 122 cm³/mol. The van der Waals surface area contributed by atoms with Crippen LogP contribution in [0, 0.1) is 5.92 Å². The minimum Gasteiger partial charge on any atom is -0.491 e. The molecule has 2 aromatic heterocycles. The quantitative estimate of drug-likeness (QED) is 0.377. The third kappa shape index (κ3) is 6.47. The predicted octanol–water partition coefficient (Wildman–Crippen LogP) is 2.83. The zero-order valence-corrected chi connectivity index (χ0v) is 19.0. The van der Waals surface area contributed by atoms with Gasteiger partial charge in [-0.05, 0) is 44.0 Å². The van der Waals surface area contributed by atoms with Crippen LogP contribution in [0.3, 0.4) is 0 Å². The fourth-order valence-corrected chi connectivity index (χ4v) is 3.33. The minimum atomic E-state index is -4.67. The highest BCUT2D eigenvalue weighted by Crippen LogP contribution is 2.34. The van der Waals surface area contributed by atoms with Gasteiger partial charge in [0.1, 0.15) is 23.7 Å². The molecule has 9 nitrogen and oxygen atoms in total. The van der Waals surface area contributed by atoms with Gasteiger partial charge >= 0.3 is 6.18 Å². The summed E-state index contributed by atoms with van der Waals surface area (Å²) in [6, 6.07) is 6.40. The van der Waals surface area contributed by atoms with E-state index in [1.165, 1.54) is 10.7 Å². The Morgan fingerprint density at radius 1 is 1.20 bits per heavy atom. The molecule has 0 unspecified atom stereocenters. The van der Waals surface area contributed by atoms with Gasteiger partial charge in [0, 0.05) is 30.7 Å². The number of fused-ring (bicyclic) bond motifs is 1. The summed E-state index contributed by atoms with van der Waals surface area (Å²) in [5, 5.41) is 13.3. The molecule has 35 heavy (non-hydrogen) atoms. The number of hydrogen-bond acceptors (Lipinski definition) is 6. The van der Waals surface area contributed by atoms with Gasteiger partial charge in [-0.3, -0.25) is 14.3 Å². The van der Waals surface area contributed by atoms with Gasteiger partial charge in [-0.15, -0.1) is 0 Å². The maximum absolute atomic E-state index is 13.0. The van der Waals surface area contributed by atoms with E-state index in [1.54, 1.807) is 25.4 Å². The third-order valence-corrected chi connectivity index (χ3v) is 5.35. The van der Waals surface area contributed by atoms with Gasteiger partial charge in [-0.1, -0.05) is 6.07 Å². The van der Waals surface area contributed by atoms with Gasteiger partial charge in [-0.25, -0.2) is 4.98 Å². The Balaban J connectivity index is 1.56. The van der Waals surface area contributed by atoms with Crippen molar-refractivity contribution in [3.8, 4) is 5.75 Å². The molecule has 1 aromatic carbocycles. The van der Waals surface area contributed by atoms with Crippen molar-refractivity contribution in [3.05, 3.63) is 47.9 Å². The first-order valence-electron chi connectivity index (χ1n) is 11.1. The minimum absolute atomic E-state index is 0.00645. The van der Waals surface area contributed by atoms with Crippen molar-refractivity contribution in [2.45, 2.75) is 25.6 Å². The molecule has 0 atom stereocenters. The van der Waals surface area contributed by atoms with Gasteiger partial charge < -0.3 is 20.7 Å². The van der Waals surface area contributed by atoms with E-state index in [1.807, 2.05) is 0 Å². The highest BCUT2D eigenvalue weighted by atomic mass is 19.4. The highest BCUT2D eigenvalue weighted by molar-refractivity contribution is 6.05. The van der Waals surface area contributed by atoms with E-state index in [2.05, 4.69) is 26.0 Å². The number of nitrogens with zero attached hydrogens (tertiary/aromatic N) is 3. The number of aromatic nitrogens is 3. The topological polar surface area (TPSA) is 110 Å². The number of amides is 2. The molecular weight excluding hydrogens is 465 g/mol. The Bertz CT molecular complexity index is 1220. The molecule has 1 aliphatic carbocycles. The molecule has 0 radical (unpaired) electrons. The van der Waals surface area contributed by atoms with Crippen LogP contribution in [0.2, 0.25) is 0 Å². The second-order valence-corrected chi connectivity index (χ2v) is 8.30. The Hall–Kier alpha value is -3.67. The Kier molecular flexibility index (Phi) is 7.20. The number of halogens is 3. The molecule has 0 spiro atoms. The lowest BCUT2D eigenvalue weighted by atomic mass is 10.2. The average molecular weight is 490 g/mol. The first-order valence-corrected chi connectivity index (χ1v) is 11.1. The molecule has 4 rings (SSSR count). The van der Waals surface area contributed by atoms with Crippen LogP contribution in [-0.2, 0) is 17.5 Å². The third-order valence-electron chi connectivity index (χ3n) is 5.35. The van der Waals surface area contributed by atoms with Gasteiger partial charge in [0.15, 0.2) is 0 Å². The lowest BCUT2D eigenvalue weighted by Crippen LogP contribution is -2.33. The number of alkyl halides is 3. The van der Waals surface area contributed by atoms with Gasteiger partial charge in [0.2, 0.25) is 5.91 Å². The van der Waals surface area contributed by atoms with Crippen molar-refractivity contribution < 1.29 is 27.5 Å². The Labute approximate surface area is 199 Å². The van der Waals surface area contributed by atoms with E-state index in [0.717, 1.165) is 25.0 Å². The molecule has 1 saturated carbocycles. The summed E-state index contributed by atoms with van der Waals surface area (Å²) in [7, 11) is 1.79. The highest BCUT2D eigenvalue weighted by Gasteiger charge is 2.33. The van der Waals surface area contributed by atoms with Crippen molar-refractivity contribution in [1.82, 2.24) is 25.4 Å². The molecule has 12 heteroatoms. The molecule has 1 fully saturated rings. The lowest BCUT2D eigenvalue weighted by Gasteiger charge is -2.13. The molecule has 3 aromatic rings. The van der Waals surface area contributed by atoms with Crippen LogP contribution in [-0.4, -0.2) is 53.3 Å². The van der Waals surface area contributed by atoms with Gasteiger partial charge in [0.05, 0.1) is 17.8 Å². The van der Waals surface area contributed by atoms with Crippen molar-refractivity contribution in [3.63, 3.8) is 0 Å². The Morgan fingerprint density at radius 3 is 2.71 bits per heavy atom. The standard InChI is InChI=1S/C23H25F3N6O3/c1-27-7-8-28-21(33)12-32-11-15-9-18(19(10-17(15)31-32)35-13-14-5-6-14)30-22(34)16-3-2-4-20(29-16)23(24,25)26/h2-4,9-11,14,27H,5-8,12-13H2,1H3,(H,28,33)(H,30,34). The summed E-state index contributed by atoms with van der Waals surface area (Å²) in [4.78, 5) is 28.3. The van der Waals surface area contributed by atoms with Crippen LogP contribution < -0.4 is 20.7 Å². The summed E-state index contributed by atoms with van der Waals surface area (Å²) < 4.78 is 46.4. The van der Waals surface area contributed by atoms with E-state index in [4.69, 9.17) is 4.74 Å². The second-order valence-electron chi connectivity index (χ2n) is 8.30. The monoisotopic (exact) mass is 490 g/mol. The molecule has 2 heterocycles. The van der Waals surface area contributed by atoms with E-state index < -0.39 is 17.8 Å². The molecule has 1 aliphatic rings. The largest absolute Gasteiger partial charge is 0.491 e. The van der Waals surface area contributed by atoms with Crippen LogP contribution in [0.1, 0.15) is 29.0 Å². The van der Waals surface area contributed by atoms with E-state index in [9.17, 15) is 22.8 Å². The first kappa shape index (κ1) is 24.5. The number of nitrogens with one attached hydrogen (secondary N) is 3. The van der Waals surface area contributed by atoms with Crippen molar-refractivity contribution >= 4 is 28.4 Å². The fourth-order valence-electron chi connectivity index (χ4n) is 3.33. The number of carbonyl (C=O) groups excluding carboxylic acids is 2. The number of hydrogen-bond donors (Lipinski definition) is 3. The number of pyridine rings is 1. The Morgan fingerprint density at radius 2 is 2.00 bits per heavy atom. The summed E-state index contributed by atoms with van der Waals surface area (Å²) >= 11 is 0. The molecular formula is C23H25F3N6O3. The zero-order chi connectivity index (χ0) is 25.0. The molecule has 0 bridgehead atoms. The second kappa shape index (κ2) is 10.3. The summed E-state index contributed by atoms with van der Waals surface area (Å²) in [5.41, 5.74) is -0.698. The van der Waals surface area contributed by atoms with Crippen LogP contribution in [0.25, 0.3) is 10.9 Å². The zero-order valence-electron chi connectivity index (χ0n) is 19.0. The van der Waals surface area contributed by atoms with Crippen LogP contribution in [0.4, 0.5) is 18.9 Å². The van der Waals surface area contributed by atoms with Crippen LogP contribution in [0.5, 0.6) is 5.75 Å². The number of ether oxygens (including phenoxy) is 1. The van der Waals surface area contributed by atoms with E-state index in [0.29, 0.717) is 42.3 Å². The molecule has 186 valence electrons. The first-order chi connectivity index (χ1) is 16.7. The van der Waals surface area contributed by atoms with Crippen LogP contribution in [0.15, 0.2) is 36.5 Å². The lowest BCUT2D eigenvalue weighted by molar-refractivity contribution is -0.141. The average Bonchev–Trinajstić information content (AvgIpc) is 3.56. The summed E-state index contributed by atoms with van der Waals surface area (Å²) in [5.74, 6) is -0.239. The fraction of sp³-hybridized carbons (Fsp3) is 0.391. The molecule has 0 aliphatic heterocycles. The number of carbonyl (C=O) groups is 2. The summed E-state index contributed by atoms with van der Waals surface area (Å²) in [6.07, 6.45) is -0.914. The number of likely N-dealkylation sites (N-methyl/N-ethyl adjacent to an activating group) is 1. The van der Waals surface area contributed by atoms with E-state index >= 15 is 0 Å². The van der Waals surface area contributed by atoms with Gasteiger partial charge in [-0.2, -0.15) is 18.3 Å². The number of rotatable bonds is 10. The van der Waals surface area contributed by atoms with Crippen LogP contribution >= 0.6 is 0 Å². The number of benzene rings is 1. The SMILES string of the molecule is CNCCNC(=O)Cn1cc2cc(NC(=O)c3cccc(C(F)(F)F)n3)c(OCC3CC3)cc2n1. The summed E-state index contributed by atoms with van der Waals surface area (Å²) in [6.45, 7) is 1.57. The van der Waals surface area contributed by atoms with Crippen molar-refractivity contribution in [1.29, 1.82) is 0 Å². The van der Waals surface area contributed by atoms with Gasteiger partial charge in [0.25, 0.3) is 5.91 Å². The van der Waals surface area contributed by atoms with E-state index in [-0.39, 0.29) is 23.8 Å². The maximum atomic E-state index is 13.0.